The van der Waals surface area contributed by atoms with Crippen molar-refractivity contribution in [2.24, 2.45) is 23.2 Å². The molecule has 1 aromatic heterocycles. The standard InChI is InChI=1S/C17H24N2O2/c1-10-3-15(21-19-10)16(20)18-11(2)17-7-12-4-13(8-17)6-14(5-12)9-17/h3,11-14H,4-9H2,1-2H3,(H,18,20)/t11-,12?,13?,14?,17?/m1/s1. The Morgan fingerprint density at radius 3 is 2.33 bits per heavy atom. The van der Waals surface area contributed by atoms with Crippen LogP contribution in [0.5, 0.6) is 0 Å². The minimum absolute atomic E-state index is 0.112. The second-order valence-corrected chi connectivity index (χ2v) is 7.81. The van der Waals surface area contributed by atoms with Crippen LogP contribution in [0.3, 0.4) is 0 Å². The van der Waals surface area contributed by atoms with Crippen LogP contribution in [0.15, 0.2) is 10.6 Å². The smallest absolute Gasteiger partial charge is 0.290 e. The van der Waals surface area contributed by atoms with Gasteiger partial charge in [-0.2, -0.15) is 0 Å². The molecule has 4 fully saturated rings. The average molecular weight is 288 g/mol. The number of amides is 1. The summed E-state index contributed by atoms with van der Waals surface area (Å²) < 4.78 is 5.08. The van der Waals surface area contributed by atoms with Crippen LogP contribution in [0.2, 0.25) is 0 Å². The number of aryl methyl sites for hydroxylation is 1. The molecule has 1 N–H and O–H groups in total. The molecular weight excluding hydrogens is 264 g/mol. The van der Waals surface area contributed by atoms with Gasteiger partial charge in [0.15, 0.2) is 0 Å². The first-order chi connectivity index (χ1) is 10.0. The molecule has 1 atom stereocenters. The van der Waals surface area contributed by atoms with Crippen LogP contribution < -0.4 is 5.32 Å². The van der Waals surface area contributed by atoms with Gasteiger partial charge in [-0.25, -0.2) is 0 Å². The highest BCUT2D eigenvalue weighted by molar-refractivity contribution is 5.91. The molecule has 4 aliphatic rings. The van der Waals surface area contributed by atoms with Gasteiger partial charge in [-0.3, -0.25) is 4.79 Å². The summed E-state index contributed by atoms with van der Waals surface area (Å²) in [5.74, 6) is 2.94. The van der Waals surface area contributed by atoms with Crippen LogP contribution in [-0.2, 0) is 0 Å². The molecule has 4 aliphatic carbocycles. The maximum Gasteiger partial charge on any atom is 0.290 e. The van der Waals surface area contributed by atoms with E-state index in [1.807, 2.05) is 6.92 Å². The fourth-order valence-corrected chi connectivity index (χ4v) is 5.60. The van der Waals surface area contributed by atoms with E-state index in [0.29, 0.717) is 11.2 Å². The van der Waals surface area contributed by atoms with E-state index in [0.717, 1.165) is 23.4 Å². The summed E-state index contributed by atoms with van der Waals surface area (Å²) in [5.41, 5.74) is 1.09. The molecule has 4 saturated carbocycles. The molecule has 4 nitrogen and oxygen atoms in total. The monoisotopic (exact) mass is 288 g/mol. The Kier molecular flexibility index (Phi) is 2.92. The first-order valence-electron chi connectivity index (χ1n) is 8.28. The number of nitrogens with zero attached hydrogens (tertiary/aromatic N) is 1. The highest BCUT2D eigenvalue weighted by Crippen LogP contribution is 2.61. The molecule has 5 rings (SSSR count). The Labute approximate surface area is 125 Å². The van der Waals surface area contributed by atoms with Crippen LogP contribution in [0.1, 0.15) is 61.7 Å². The van der Waals surface area contributed by atoms with E-state index in [1.54, 1.807) is 6.07 Å². The lowest BCUT2D eigenvalue weighted by Crippen LogP contribution is -2.55. The second kappa shape index (κ2) is 4.59. The first-order valence-corrected chi connectivity index (χ1v) is 8.28. The summed E-state index contributed by atoms with van der Waals surface area (Å²) >= 11 is 0. The van der Waals surface area contributed by atoms with Gasteiger partial charge in [-0.05, 0) is 75.5 Å². The Hall–Kier alpha value is -1.32. The molecule has 0 saturated heterocycles. The van der Waals surface area contributed by atoms with Gasteiger partial charge in [0.1, 0.15) is 0 Å². The summed E-state index contributed by atoms with van der Waals surface area (Å²) in [6, 6.07) is 1.94. The third kappa shape index (κ3) is 2.19. The van der Waals surface area contributed by atoms with Crippen molar-refractivity contribution in [3.05, 3.63) is 17.5 Å². The van der Waals surface area contributed by atoms with Crippen molar-refractivity contribution in [3.63, 3.8) is 0 Å². The Morgan fingerprint density at radius 2 is 1.86 bits per heavy atom. The summed E-state index contributed by atoms with van der Waals surface area (Å²) in [5, 5.41) is 7.00. The van der Waals surface area contributed by atoms with Crippen LogP contribution >= 0.6 is 0 Å². The van der Waals surface area contributed by atoms with E-state index in [4.69, 9.17) is 4.52 Å². The van der Waals surface area contributed by atoms with Crippen LogP contribution in [-0.4, -0.2) is 17.1 Å². The zero-order valence-corrected chi connectivity index (χ0v) is 12.9. The Morgan fingerprint density at radius 1 is 1.29 bits per heavy atom. The van der Waals surface area contributed by atoms with Crippen molar-refractivity contribution in [1.82, 2.24) is 10.5 Å². The quantitative estimate of drug-likeness (QED) is 0.928. The third-order valence-electron chi connectivity index (χ3n) is 6.20. The SMILES string of the molecule is Cc1cc(C(=O)N[C@H](C)C23CC4CC(CC(C4)C2)C3)on1. The Balaban J connectivity index is 1.50. The molecule has 0 unspecified atom stereocenters. The molecule has 114 valence electrons. The van der Waals surface area contributed by atoms with Crippen LogP contribution in [0.25, 0.3) is 0 Å². The molecule has 1 amide bonds. The molecule has 4 heteroatoms. The summed E-state index contributed by atoms with van der Waals surface area (Å²) in [6.07, 6.45) is 8.20. The van der Waals surface area contributed by atoms with E-state index in [9.17, 15) is 4.79 Å². The van der Waals surface area contributed by atoms with Gasteiger partial charge >= 0.3 is 0 Å². The van der Waals surface area contributed by atoms with Gasteiger partial charge in [-0.15, -0.1) is 0 Å². The van der Waals surface area contributed by atoms with Gasteiger partial charge in [-0.1, -0.05) is 5.16 Å². The highest BCUT2D eigenvalue weighted by Gasteiger charge is 2.53. The van der Waals surface area contributed by atoms with Crippen molar-refractivity contribution in [2.45, 2.75) is 58.4 Å². The number of hydrogen-bond acceptors (Lipinski definition) is 3. The van der Waals surface area contributed by atoms with E-state index < -0.39 is 0 Å². The number of hydrogen-bond donors (Lipinski definition) is 1. The van der Waals surface area contributed by atoms with Gasteiger partial charge in [0.05, 0.1) is 5.69 Å². The average Bonchev–Trinajstić information content (AvgIpc) is 2.84. The molecule has 0 radical (unpaired) electrons. The van der Waals surface area contributed by atoms with Gasteiger partial charge in [0, 0.05) is 12.1 Å². The summed E-state index contributed by atoms with van der Waals surface area (Å²) in [7, 11) is 0. The van der Waals surface area contributed by atoms with Gasteiger partial charge in [0.2, 0.25) is 5.76 Å². The minimum Gasteiger partial charge on any atom is -0.351 e. The number of carbonyl (C=O) groups excluding carboxylic acids is 1. The predicted octanol–water partition coefficient (Wildman–Crippen LogP) is 3.32. The predicted molar refractivity (Wildman–Crippen MR) is 78.8 cm³/mol. The second-order valence-electron chi connectivity index (χ2n) is 7.81. The lowest BCUT2D eigenvalue weighted by Gasteiger charge is -2.59. The number of rotatable bonds is 3. The van der Waals surface area contributed by atoms with Gasteiger partial charge in [0.25, 0.3) is 5.91 Å². The first kappa shape index (κ1) is 13.4. The maximum atomic E-state index is 12.3. The molecule has 4 bridgehead atoms. The van der Waals surface area contributed by atoms with E-state index in [2.05, 4.69) is 17.4 Å². The number of carbonyl (C=O) groups is 1. The van der Waals surface area contributed by atoms with Crippen molar-refractivity contribution >= 4 is 5.91 Å². The number of nitrogens with one attached hydrogen (secondary N) is 1. The number of aromatic nitrogens is 1. The lowest BCUT2D eigenvalue weighted by molar-refractivity contribution is -0.0689. The summed E-state index contributed by atoms with van der Waals surface area (Å²) in [6.45, 7) is 4.02. The van der Waals surface area contributed by atoms with Crippen molar-refractivity contribution < 1.29 is 9.32 Å². The highest BCUT2D eigenvalue weighted by atomic mass is 16.5. The third-order valence-corrected chi connectivity index (χ3v) is 6.20. The zero-order valence-electron chi connectivity index (χ0n) is 12.9. The Bertz CT molecular complexity index is 528. The van der Waals surface area contributed by atoms with Crippen molar-refractivity contribution in [2.75, 3.05) is 0 Å². The minimum atomic E-state index is -0.112. The van der Waals surface area contributed by atoms with Crippen molar-refractivity contribution in [3.8, 4) is 0 Å². The maximum absolute atomic E-state index is 12.3. The molecule has 21 heavy (non-hydrogen) atoms. The fourth-order valence-electron chi connectivity index (χ4n) is 5.60. The molecule has 0 aromatic carbocycles. The van der Waals surface area contributed by atoms with Crippen LogP contribution in [0, 0.1) is 30.1 Å². The molecule has 0 spiro atoms. The van der Waals surface area contributed by atoms with Crippen LogP contribution in [0.4, 0.5) is 0 Å². The van der Waals surface area contributed by atoms with E-state index in [-0.39, 0.29) is 11.9 Å². The zero-order chi connectivity index (χ0) is 14.6. The normalized spacial score (nSPS) is 38.5. The summed E-state index contributed by atoms with van der Waals surface area (Å²) in [4.78, 5) is 12.3. The fraction of sp³-hybridized carbons (Fsp3) is 0.765. The van der Waals surface area contributed by atoms with E-state index in [1.165, 1.54) is 38.5 Å². The van der Waals surface area contributed by atoms with E-state index >= 15 is 0 Å². The van der Waals surface area contributed by atoms with Gasteiger partial charge < -0.3 is 9.84 Å². The largest absolute Gasteiger partial charge is 0.351 e. The molecular formula is C17H24N2O2. The topological polar surface area (TPSA) is 55.1 Å². The molecule has 1 heterocycles. The lowest BCUT2D eigenvalue weighted by atomic mass is 9.48. The molecule has 1 aromatic rings. The molecule has 0 aliphatic heterocycles. The van der Waals surface area contributed by atoms with Crippen molar-refractivity contribution in [1.29, 1.82) is 0 Å².